The zero-order chi connectivity index (χ0) is 12.7. The van der Waals surface area contributed by atoms with Crippen LogP contribution in [0.4, 0.5) is 5.95 Å². The Balaban J connectivity index is 1.98. The molecular weight excluding hydrogens is 290 g/mol. The van der Waals surface area contributed by atoms with Crippen LogP contribution in [0.25, 0.3) is 11.0 Å². The van der Waals surface area contributed by atoms with E-state index in [2.05, 4.69) is 44.5 Å². The van der Waals surface area contributed by atoms with Crippen LogP contribution in [0.5, 0.6) is 0 Å². The molecular formula is C14H18BrN3. The fraction of sp³-hybridized carbons (Fsp3) is 0.500. The normalized spacial score (nSPS) is 23.9. The first-order valence-electron chi connectivity index (χ1n) is 6.56. The number of aromatic nitrogens is 2. The van der Waals surface area contributed by atoms with Gasteiger partial charge in [-0.1, -0.05) is 35.7 Å². The summed E-state index contributed by atoms with van der Waals surface area (Å²) in [7, 11) is 0. The van der Waals surface area contributed by atoms with Crippen molar-refractivity contribution in [2.24, 2.45) is 11.8 Å². The van der Waals surface area contributed by atoms with Crippen molar-refractivity contribution in [2.45, 2.75) is 32.7 Å². The van der Waals surface area contributed by atoms with E-state index in [-0.39, 0.29) is 0 Å². The van der Waals surface area contributed by atoms with Gasteiger partial charge < -0.3 is 10.3 Å². The van der Waals surface area contributed by atoms with Crippen molar-refractivity contribution in [3.8, 4) is 0 Å². The van der Waals surface area contributed by atoms with Crippen LogP contribution in [0.3, 0.4) is 0 Å². The number of rotatable bonds is 2. The topological polar surface area (TPSA) is 43.8 Å². The second-order valence-corrected chi connectivity index (χ2v) is 6.30. The summed E-state index contributed by atoms with van der Waals surface area (Å²) in [5.74, 6) is 2.19. The highest BCUT2D eigenvalue weighted by atomic mass is 79.9. The molecule has 0 bridgehead atoms. The first-order valence-corrected chi connectivity index (χ1v) is 7.35. The third-order valence-corrected chi connectivity index (χ3v) is 4.69. The van der Waals surface area contributed by atoms with Crippen LogP contribution in [0.1, 0.15) is 26.2 Å². The first kappa shape index (κ1) is 12.0. The largest absolute Gasteiger partial charge is 0.369 e. The Bertz CT molecular complexity index is 576. The molecule has 1 aromatic carbocycles. The number of imidazole rings is 1. The van der Waals surface area contributed by atoms with E-state index in [0.717, 1.165) is 33.9 Å². The average Bonchev–Trinajstić information content (AvgIpc) is 2.85. The standard InChI is InChI=1S/C14H18BrN3/c1-9-3-2-4-10(9)8-18-13-6-5-11(15)7-12(13)17-14(18)16/h5-7,9-10H,2-4,8H2,1H3,(H2,16,17). The van der Waals surface area contributed by atoms with E-state index >= 15 is 0 Å². The number of nitrogen functional groups attached to an aromatic ring is 1. The molecule has 2 aromatic rings. The molecule has 1 aliphatic carbocycles. The third kappa shape index (κ3) is 2.03. The van der Waals surface area contributed by atoms with Gasteiger partial charge in [0, 0.05) is 11.0 Å². The molecule has 2 atom stereocenters. The number of hydrogen-bond donors (Lipinski definition) is 1. The number of anilines is 1. The Morgan fingerprint density at radius 3 is 3.00 bits per heavy atom. The molecule has 1 aromatic heterocycles. The van der Waals surface area contributed by atoms with Gasteiger partial charge in [-0.3, -0.25) is 0 Å². The van der Waals surface area contributed by atoms with Gasteiger partial charge in [0.15, 0.2) is 0 Å². The van der Waals surface area contributed by atoms with Crippen LogP contribution in [0.2, 0.25) is 0 Å². The van der Waals surface area contributed by atoms with Gasteiger partial charge in [-0.25, -0.2) is 4.98 Å². The Kier molecular flexibility index (Phi) is 3.06. The molecule has 1 heterocycles. The van der Waals surface area contributed by atoms with Crippen LogP contribution in [-0.4, -0.2) is 9.55 Å². The van der Waals surface area contributed by atoms with Gasteiger partial charge in [0.2, 0.25) is 5.95 Å². The minimum Gasteiger partial charge on any atom is -0.369 e. The summed E-state index contributed by atoms with van der Waals surface area (Å²) in [6.45, 7) is 3.36. The lowest BCUT2D eigenvalue weighted by atomic mass is 9.98. The van der Waals surface area contributed by atoms with Crippen molar-refractivity contribution in [3.63, 3.8) is 0 Å². The number of benzene rings is 1. The summed E-state index contributed by atoms with van der Waals surface area (Å²) in [6, 6.07) is 6.18. The molecule has 2 N–H and O–H groups in total. The van der Waals surface area contributed by atoms with E-state index < -0.39 is 0 Å². The lowest BCUT2D eigenvalue weighted by molar-refractivity contribution is 0.370. The van der Waals surface area contributed by atoms with Gasteiger partial charge in [-0.05, 0) is 36.5 Å². The van der Waals surface area contributed by atoms with E-state index in [4.69, 9.17) is 5.73 Å². The van der Waals surface area contributed by atoms with E-state index in [9.17, 15) is 0 Å². The molecule has 1 saturated carbocycles. The van der Waals surface area contributed by atoms with Crippen molar-refractivity contribution < 1.29 is 0 Å². The van der Waals surface area contributed by atoms with Gasteiger partial charge in [-0.2, -0.15) is 0 Å². The molecule has 1 fully saturated rings. The van der Waals surface area contributed by atoms with Crippen LogP contribution >= 0.6 is 15.9 Å². The fourth-order valence-electron chi connectivity index (χ4n) is 3.04. The zero-order valence-electron chi connectivity index (χ0n) is 10.6. The minimum atomic E-state index is 0.641. The second-order valence-electron chi connectivity index (χ2n) is 5.38. The highest BCUT2D eigenvalue weighted by Crippen LogP contribution is 2.34. The molecule has 0 spiro atoms. The van der Waals surface area contributed by atoms with Gasteiger partial charge in [0.25, 0.3) is 0 Å². The van der Waals surface area contributed by atoms with E-state index in [1.807, 2.05) is 6.07 Å². The van der Waals surface area contributed by atoms with E-state index in [1.54, 1.807) is 0 Å². The average molecular weight is 308 g/mol. The molecule has 0 amide bonds. The van der Waals surface area contributed by atoms with Crippen LogP contribution in [0.15, 0.2) is 22.7 Å². The summed E-state index contributed by atoms with van der Waals surface area (Å²) >= 11 is 3.47. The maximum Gasteiger partial charge on any atom is 0.201 e. The molecule has 0 radical (unpaired) electrons. The van der Waals surface area contributed by atoms with Gasteiger partial charge in [-0.15, -0.1) is 0 Å². The molecule has 2 unspecified atom stereocenters. The number of fused-ring (bicyclic) bond motifs is 1. The Labute approximate surface area is 116 Å². The number of nitrogens with zero attached hydrogens (tertiary/aromatic N) is 2. The summed E-state index contributed by atoms with van der Waals surface area (Å²) in [4.78, 5) is 4.45. The van der Waals surface area contributed by atoms with Crippen LogP contribution in [-0.2, 0) is 6.54 Å². The molecule has 4 heteroatoms. The van der Waals surface area contributed by atoms with Gasteiger partial charge in [0.05, 0.1) is 11.0 Å². The number of nitrogens with two attached hydrogens (primary N) is 1. The van der Waals surface area contributed by atoms with Crippen LogP contribution < -0.4 is 5.73 Å². The number of hydrogen-bond acceptors (Lipinski definition) is 2. The third-order valence-electron chi connectivity index (χ3n) is 4.20. The number of halogens is 1. The zero-order valence-corrected chi connectivity index (χ0v) is 12.2. The predicted molar refractivity (Wildman–Crippen MR) is 78.4 cm³/mol. The predicted octanol–water partition coefficient (Wildman–Crippen LogP) is 3.82. The Hall–Kier alpha value is -1.03. The first-order chi connectivity index (χ1) is 8.65. The van der Waals surface area contributed by atoms with Crippen molar-refractivity contribution in [3.05, 3.63) is 22.7 Å². The Morgan fingerprint density at radius 1 is 1.44 bits per heavy atom. The fourth-order valence-corrected chi connectivity index (χ4v) is 3.39. The highest BCUT2D eigenvalue weighted by Gasteiger charge is 2.24. The van der Waals surface area contributed by atoms with Crippen molar-refractivity contribution in [1.82, 2.24) is 9.55 Å². The molecule has 0 aliphatic heterocycles. The van der Waals surface area contributed by atoms with E-state index in [0.29, 0.717) is 5.95 Å². The summed E-state index contributed by atoms with van der Waals surface area (Å²) in [6.07, 6.45) is 4.02. The van der Waals surface area contributed by atoms with Gasteiger partial charge >= 0.3 is 0 Å². The van der Waals surface area contributed by atoms with E-state index in [1.165, 1.54) is 19.3 Å². The van der Waals surface area contributed by atoms with Gasteiger partial charge in [0.1, 0.15) is 0 Å². The van der Waals surface area contributed by atoms with Crippen molar-refractivity contribution in [1.29, 1.82) is 0 Å². The molecule has 3 nitrogen and oxygen atoms in total. The molecule has 3 rings (SSSR count). The van der Waals surface area contributed by atoms with Crippen LogP contribution in [0, 0.1) is 11.8 Å². The lowest BCUT2D eigenvalue weighted by Crippen LogP contribution is -2.14. The monoisotopic (exact) mass is 307 g/mol. The summed E-state index contributed by atoms with van der Waals surface area (Å²) in [5, 5.41) is 0. The second kappa shape index (κ2) is 4.57. The summed E-state index contributed by atoms with van der Waals surface area (Å²) < 4.78 is 3.22. The molecule has 1 aliphatic rings. The Morgan fingerprint density at radius 2 is 2.28 bits per heavy atom. The molecule has 18 heavy (non-hydrogen) atoms. The minimum absolute atomic E-state index is 0.641. The quantitative estimate of drug-likeness (QED) is 0.916. The van der Waals surface area contributed by atoms with Crippen molar-refractivity contribution in [2.75, 3.05) is 5.73 Å². The molecule has 96 valence electrons. The highest BCUT2D eigenvalue weighted by molar-refractivity contribution is 9.10. The maximum atomic E-state index is 6.06. The maximum absolute atomic E-state index is 6.06. The lowest BCUT2D eigenvalue weighted by Gasteiger charge is -2.17. The summed E-state index contributed by atoms with van der Waals surface area (Å²) in [5.41, 5.74) is 8.19. The smallest absolute Gasteiger partial charge is 0.201 e. The SMILES string of the molecule is CC1CCCC1Cn1c(N)nc2cc(Br)ccc21. The van der Waals surface area contributed by atoms with Crippen molar-refractivity contribution >= 4 is 32.9 Å². The molecule has 0 saturated heterocycles.